The Hall–Kier alpha value is -2.74. The molecular weight excluding hydrogens is 304 g/mol. The number of aromatic nitrogens is 3. The summed E-state index contributed by atoms with van der Waals surface area (Å²) in [6.07, 6.45) is 0. The molecule has 1 aromatic carbocycles. The van der Waals surface area contributed by atoms with Gasteiger partial charge < -0.3 is 9.26 Å². The highest BCUT2D eigenvalue weighted by molar-refractivity contribution is 7.10. The van der Waals surface area contributed by atoms with Gasteiger partial charge in [-0.2, -0.15) is 9.36 Å². The van der Waals surface area contributed by atoms with E-state index in [0.29, 0.717) is 16.6 Å². The smallest absolute Gasteiger partial charge is 0.296 e. The molecule has 0 atom stereocenters. The fraction of sp³-hybridized carbons (Fsp3) is 0.143. The Morgan fingerprint density at radius 2 is 2.23 bits per heavy atom. The number of methoxy groups -OCH3 is 1. The van der Waals surface area contributed by atoms with Crippen molar-refractivity contribution < 1.29 is 14.1 Å². The van der Waals surface area contributed by atoms with Crippen LogP contribution < -0.4 is 10.1 Å². The molecule has 0 fully saturated rings. The van der Waals surface area contributed by atoms with Gasteiger partial charge in [0.1, 0.15) is 5.75 Å². The number of carbonyl (C=O) groups is 1. The summed E-state index contributed by atoms with van der Waals surface area (Å²) < 4.78 is 14.3. The standard InChI is InChI=1S/C14H12N4O3S/c1-8-6-11(21-17-8)13(19)16-14-15-12(18-22-14)9-4-3-5-10(7-9)20-2/h3-7H,1-2H3,(H,15,16,18,19). The summed E-state index contributed by atoms with van der Waals surface area (Å²) in [5.41, 5.74) is 1.45. The number of carbonyl (C=O) groups excluding carboxylic acids is 1. The van der Waals surface area contributed by atoms with Crippen molar-refractivity contribution in [2.45, 2.75) is 6.92 Å². The van der Waals surface area contributed by atoms with Gasteiger partial charge in [-0.1, -0.05) is 17.3 Å². The first-order valence-corrected chi connectivity index (χ1v) is 7.16. The fourth-order valence-electron chi connectivity index (χ4n) is 1.78. The van der Waals surface area contributed by atoms with Crippen LogP contribution in [-0.4, -0.2) is 27.5 Å². The molecule has 7 nitrogen and oxygen atoms in total. The monoisotopic (exact) mass is 316 g/mol. The van der Waals surface area contributed by atoms with Crippen molar-refractivity contribution in [3.8, 4) is 17.1 Å². The van der Waals surface area contributed by atoms with Crippen LogP contribution in [0.3, 0.4) is 0 Å². The molecule has 0 unspecified atom stereocenters. The third-order valence-corrected chi connectivity index (χ3v) is 3.46. The average molecular weight is 316 g/mol. The minimum Gasteiger partial charge on any atom is -0.497 e. The summed E-state index contributed by atoms with van der Waals surface area (Å²) in [5.74, 6) is 0.965. The molecule has 0 aliphatic rings. The van der Waals surface area contributed by atoms with Crippen molar-refractivity contribution in [2.24, 2.45) is 0 Å². The van der Waals surface area contributed by atoms with Crippen molar-refractivity contribution in [1.82, 2.24) is 14.5 Å². The van der Waals surface area contributed by atoms with Crippen LogP contribution >= 0.6 is 11.5 Å². The molecule has 0 bridgehead atoms. The van der Waals surface area contributed by atoms with Crippen LogP contribution in [0.2, 0.25) is 0 Å². The molecular formula is C14H12N4O3S. The van der Waals surface area contributed by atoms with Gasteiger partial charge in [0.25, 0.3) is 5.91 Å². The van der Waals surface area contributed by atoms with E-state index < -0.39 is 5.91 Å². The summed E-state index contributed by atoms with van der Waals surface area (Å²) in [5, 5.41) is 6.69. The van der Waals surface area contributed by atoms with Crippen LogP contribution in [0, 0.1) is 6.92 Å². The number of nitrogens with zero attached hydrogens (tertiary/aromatic N) is 3. The number of hydrogen-bond donors (Lipinski definition) is 1. The molecule has 2 aromatic heterocycles. The summed E-state index contributed by atoms with van der Waals surface area (Å²) in [6, 6.07) is 8.94. The van der Waals surface area contributed by atoms with Crippen molar-refractivity contribution >= 4 is 22.6 Å². The maximum atomic E-state index is 11.9. The Morgan fingerprint density at radius 3 is 2.95 bits per heavy atom. The molecule has 3 aromatic rings. The van der Waals surface area contributed by atoms with Crippen LogP contribution in [-0.2, 0) is 0 Å². The minimum atomic E-state index is -0.408. The topological polar surface area (TPSA) is 90.1 Å². The fourth-order valence-corrected chi connectivity index (χ4v) is 2.37. The van der Waals surface area contributed by atoms with Gasteiger partial charge in [-0.25, -0.2) is 0 Å². The summed E-state index contributed by atoms with van der Waals surface area (Å²) in [4.78, 5) is 16.2. The highest BCUT2D eigenvalue weighted by Gasteiger charge is 2.15. The third kappa shape index (κ3) is 2.96. The lowest BCUT2D eigenvalue weighted by Crippen LogP contribution is -2.10. The second-order valence-electron chi connectivity index (χ2n) is 4.44. The maximum Gasteiger partial charge on any atom is 0.296 e. The van der Waals surface area contributed by atoms with Gasteiger partial charge in [-0.3, -0.25) is 10.1 Å². The number of nitrogens with one attached hydrogen (secondary N) is 1. The van der Waals surface area contributed by atoms with Gasteiger partial charge in [0.15, 0.2) is 5.82 Å². The van der Waals surface area contributed by atoms with E-state index in [1.165, 1.54) is 0 Å². The van der Waals surface area contributed by atoms with E-state index >= 15 is 0 Å². The van der Waals surface area contributed by atoms with Crippen LogP contribution in [0.5, 0.6) is 5.75 Å². The second-order valence-corrected chi connectivity index (χ2v) is 5.19. The molecule has 0 saturated heterocycles. The number of anilines is 1. The Labute approximate surface area is 130 Å². The zero-order chi connectivity index (χ0) is 15.5. The summed E-state index contributed by atoms with van der Waals surface area (Å²) in [6.45, 7) is 1.74. The molecule has 0 saturated carbocycles. The third-order valence-electron chi connectivity index (χ3n) is 2.83. The van der Waals surface area contributed by atoms with E-state index in [0.717, 1.165) is 22.8 Å². The van der Waals surface area contributed by atoms with Gasteiger partial charge in [-0.15, -0.1) is 0 Å². The predicted molar refractivity (Wildman–Crippen MR) is 81.1 cm³/mol. The first-order valence-electron chi connectivity index (χ1n) is 6.38. The quantitative estimate of drug-likeness (QED) is 0.796. The zero-order valence-corrected chi connectivity index (χ0v) is 12.7. The Kier molecular flexibility index (Phi) is 3.84. The van der Waals surface area contributed by atoms with E-state index in [2.05, 4.69) is 19.8 Å². The second kappa shape index (κ2) is 5.94. The summed E-state index contributed by atoms with van der Waals surface area (Å²) in [7, 11) is 1.60. The Morgan fingerprint density at radius 1 is 1.36 bits per heavy atom. The van der Waals surface area contributed by atoms with Crippen molar-refractivity contribution in [2.75, 3.05) is 12.4 Å². The predicted octanol–water partition coefficient (Wildman–Crippen LogP) is 2.76. The molecule has 0 aliphatic carbocycles. The minimum absolute atomic E-state index is 0.135. The molecule has 1 amide bonds. The number of benzene rings is 1. The normalized spacial score (nSPS) is 10.5. The lowest BCUT2D eigenvalue weighted by atomic mass is 10.2. The summed E-state index contributed by atoms with van der Waals surface area (Å²) >= 11 is 1.09. The number of rotatable bonds is 4. The van der Waals surface area contributed by atoms with E-state index in [1.807, 2.05) is 24.3 Å². The Bertz CT molecular complexity index is 812. The number of amides is 1. The van der Waals surface area contributed by atoms with Crippen LogP contribution in [0.15, 0.2) is 34.9 Å². The molecule has 22 heavy (non-hydrogen) atoms. The van der Waals surface area contributed by atoms with Gasteiger partial charge in [0, 0.05) is 23.2 Å². The molecule has 8 heteroatoms. The largest absolute Gasteiger partial charge is 0.497 e. The van der Waals surface area contributed by atoms with Crippen molar-refractivity contribution in [3.05, 3.63) is 41.8 Å². The van der Waals surface area contributed by atoms with Crippen LogP contribution in [0.1, 0.15) is 16.2 Å². The van der Waals surface area contributed by atoms with Crippen LogP contribution in [0.25, 0.3) is 11.4 Å². The van der Waals surface area contributed by atoms with Crippen molar-refractivity contribution in [1.29, 1.82) is 0 Å². The maximum absolute atomic E-state index is 11.9. The average Bonchev–Trinajstić information content (AvgIpc) is 3.16. The van der Waals surface area contributed by atoms with Gasteiger partial charge in [0.2, 0.25) is 10.9 Å². The first-order chi connectivity index (χ1) is 10.7. The van der Waals surface area contributed by atoms with E-state index in [4.69, 9.17) is 9.26 Å². The molecule has 3 rings (SSSR count). The zero-order valence-electron chi connectivity index (χ0n) is 11.9. The van der Waals surface area contributed by atoms with Crippen molar-refractivity contribution in [3.63, 3.8) is 0 Å². The first kappa shape index (κ1) is 14.2. The van der Waals surface area contributed by atoms with Crippen LogP contribution in [0.4, 0.5) is 5.13 Å². The number of hydrogen-bond acceptors (Lipinski definition) is 7. The molecule has 0 radical (unpaired) electrons. The Balaban J connectivity index is 1.77. The molecule has 112 valence electrons. The lowest BCUT2D eigenvalue weighted by Gasteiger charge is -2.00. The lowest BCUT2D eigenvalue weighted by molar-refractivity contribution is 0.0988. The number of aryl methyl sites for hydroxylation is 1. The molecule has 0 aliphatic heterocycles. The van der Waals surface area contributed by atoms with Gasteiger partial charge >= 0.3 is 0 Å². The van der Waals surface area contributed by atoms with Gasteiger partial charge in [0.05, 0.1) is 12.8 Å². The highest BCUT2D eigenvalue weighted by atomic mass is 32.1. The molecule has 0 spiro atoms. The molecule has 1 N–H and O–H groups in total. The van der Waals surface area contributed by atoms with E-state index in [9.17, 15) is 4.79 Å². The number of ether oxygens (including phenoxy) is 1. The van der Waals surface area contributed by atoms with Gasteiger partial charge in [-0.05, 0) is 19.1 Å². The van der Waals surface area contributed by atoms with E-state index in [-0.39, 0.29) is 5.76 Å². The highest BCUT2D eigenvalue weighted by Crippen LogP contribution is 2.24. The SMILES string of the molecule is COc1cccc(-c2nsc(NC(=O)c3cc(C)no3)n2)c1. The molecule has 2 heterocycles. The van der Waals surface area contributed by atoms with E-state index in [1.54, 1.807) is 20.1 Å².